The minimum absolute atomic E-state index is 0. The number of aliphatic imine (C=N–C) groups is 1. The molecule has 2 aromatic heterocycles. The third kappa shape index (κ3) is 23.3. The van der Waals surface area contributed by atoms with Gasteiger partial charge in [0.05, 0.1) is 49.9 Å². The first-order valence-electron chi connectivity index (χ1n) is 21.7. The summed E-state index contributed by atoms with van der Waals surface area (Å²) in [5.41, 5.74) is 8.59. The summed E-state index contributed by atoms with van der Waals surface area (Å²) in [6.07, 6.45) is 2.90. The maximum Gasteiger partial charge on any atom is 0.435 e. The molecule has 4 aromatic rings. The molecule has 0 bridgehead atoms. The van der Waals surface area contributed by atoms with Crippen molar-refractivity contribution >= 4 is 23.9 Å². The van der Waals surface area contributed by atoms with E-state index in [0.29, 0.717) is 12.1 Å². The summed E-state index contributed by atoms with van der Waals surface area (Å²) in [6.45, 7) is 15.7. The van der Waals surface area contributed by atoms with E-state index < -0.39 is 12.2 Å². The molecular formula is C46H71N12O7U-. The number of methoxy groups -OCH3 is 2. The minimum Gasteiger partial charge on any atom is -0.444 e. The number of carbonyl (C=O) groups excluding carboxylic acids is 2. The van der Waals surface area contributed by atoms with Crippen LogP contribution in [0.2, 0.25) is 0 Å². The van der Waals surface area contributed by atoms with E-state index in [9.17, 15) is 9.59 Å². The molecule has 0 spiro atoms. The van der Waals surface area contributed by atoms with E-state index in [1.54, 1.807) is 14.2 Å². The number of ether oxygens (including phenoxy) is 4. The van der Waals surface area contributed by atoms with Crippen molar-refractivity contribution in [2.75, 3.05) is 113 Å². The number of nitrogens with zero attached hydrogens (tertiary/aromatic N) is 9. The van der Waals surface area contributed by atoms with E-state index in [4.69, 9.17) is 35.2 Å². The normalized spacial score (nSPS) is 14.6. The number of hydrogen-bond acceptors (Lipinski definition) is 14. The van der Waals surface area contributed by atoms with E-state index in [0.717, 1.165) is 129 Å². The topological polar surface area (TPSA) is 214 Å². The quantitative estimate of drug-likeness (QED) is 0.0570. The number of amides is 2. The molecule has 2 fully saturated rings. The zero-order chi connectivity index (χ0) is 45.8. The average Bonchev–Trinajstić information content (AvgIpc) is 3.98. The van der Waals surface area contributed by atoms with Crippen molar-refractivity contribution in [3.63, 3.8) is 0 Å². The fourth-order valence-corrected chi connectivity index (χ4v) is 6.86. The zero-order valence-corrected chi connectivity index (χ0v) is 43.4. The van der Waals surface area contributed by atoms with Crippen molar-refractivity contribution in [3.05, 3.63) is 115 Å². The number of aliphatic hydroxyl groups excluding tert-OH is 1. The van der Waals surface area contributed by atoms with Crippen LogP contribution in [0.3, 0.4) is 0 Å². The van der Waals surface area contributed by atoms with Crippen LogP contribution in [0.1, 0.15) is 22.5 Å². The van der Waals surface area contributed by atoms with Gasteiger partial charge >= 0.3 is 12.2 Å². The van der Waals surface area contributed by atoms with Crippen LogP contribution in [0, 0.1) is 43.9 Å². The number of carbonyl (C=O) groups is 2. The van der Waals surface area contributed by atoms with Gasteiger partial charge in [-0.2, -0.15) is 15.2 Å². The van der Waals surface area contributed by atoms with Crippen LogP contribution in [0.5, 0.6) is 0 Å². The number of rotatable bonds is 20. The number of amidine groups is 2. The number of hydrogen-bond donors (Lipinski definition) is 4. The van der Waals surface area contributed by atoms with E-state index in [1.165, 1.54) is 0 Å². The molecular weight excluding hydrogens is 1070 g/mol. The summed E-state index contributed by atoms with van der Waals surface area (Å²) in [7, 11) is 4.48. The van der Waals surface area contributed by atoms with E-state index >= 15 is 0 Å². The van der Waals surface area contributed by atoms with Gasteiger partial charge < -0.3 is 37.2 Å². The summed E-state index contributed by atoms with van der Waals surface area (Å²) < 4.78 is 24.7. The molecule has 2 aliphatic rings. The molecule has 362 valence electrons. The molecule has 6 rings (SSSR count). The molecule has 2 saturated heterocycles. The van der Waals surface area contributed by atoms with Gasteiger partial charge in [-0.1, -0.05) is 60.7 Å². The Morgan fingerprint density at radius 1 is 0.652 bits per heavy atom. The maximum atomic E-state index is 12.5. The number of aromatic nitrogens is 4. The first-order valence-corrected chi connectivity index (χ1v) is 21.7. The molecule has 20 heteroatoms. The van der Waals surface area contributed by atoms with Crippen LogP contribution in [0.15, 0.2) is 90.2 Å². The largest absolute Gasteiger partial charge is 0.444 e. The first kappa shape index (κ1) is 57.6. The predicted molar refractivity (Wildman–Crippen MR) is 252 cm³/mol. The summed E-state index contributed by atoms with van der Waals surface area (Å²) >= 11 is 0. The number of benzene rings is 2. The summed E-state index contributed by atoms with van der Waals surface area (Å²) in [6, 6.07) is 22.4. The Kier molecular flexibility index (Phi) is 29.6. The Hall–Kier alpha value is -4.49. The molecule has 2 aromatic carbocycles. The van der Waals surface area contributed by atoms with Gasteiger partial charge in [-0.05, 0) is 23.3 Å². The number of nitrogens with one attached hydrogen (secondary N) is 2. The molecule has 0 radical (unpaired) electrons. The van der Waals surface area contributed by atoms with E-state index in [-0.39, 0.29) is 69.8 Å². The molecule has 2 aliphatic heterocycles. The molecule has 0 saturated carbocycles. The standard InChI is InChI=1S/C30H38N6O5.C14H26N6O.CH4O.CH3.U/c1-39-21-20-35-16-14-34(15-17-35)18-19-36-13-12-27(33-36)22-28(31-29(37)40-23-25-8-4-2-5-9-25)32-30(38)41-24-26-10-6-3-7-11-26;1-21-11-10-19-6-4-18(5-7-19)8-9-20-3-2-13(17-20)12-14(15)16;1-2;;/h2-13H,14-24H2,1H3,(H,31,32,37,38);2-3H,4-12H2,1H3,(H3,15,16);2H,1H3;1H3;/q;;;-1;. The molecule has 0 aliphatic carbocycles. The van der Waals surface area contributed by atoms with E-state index in [1.807, 2.05) is 94.6 Å². The maximum absolute atomic E-state index is 12.5. The summed E-state index contributed by atoms with van der Waals surface area (Å²) in [5.74, 6) is 0.256. The second kappa shape index (κ2) is 33.9. The second-order valence-corrected chi connectivity index (χ2v) is 15.2. The Morgan fingerprint density at radius 3 is 1.48 bits per heavy atom. The molecule has 0 atom stereocenters. The Bertz CT molecular complexity index is 1940. The van der Waals surface area contributed by atoms with Crippen molar-refractivity contribution in [2.24, 2.45) is 10.7 Å². The molecule has 0 unspecified atom stereocenters. The van der Waals surface area contributed by atoms with Gasteiger partial charge in [-0.3, -0.25) is 39.7 Å². The minimum atomic E-state index is -0.809. The van der Waals surface area contributed by atoms with Crippen molar-refractivity contribution in [1.29, 1.82) is 5.41 Å². The fraction of sp³-hybridized carbons (Fsp3) is 0.500. The van der Waals surface area contributed by atoms with Gasteiger partial charge in [0.1, 0.15) is 19.0 Å². The van der Waals surface area contributed by atoms with Gasteiger partial charge in [0.2, 0.25) is 0 Å². The predicted octanol–water partition coefficient (Wildman–Crippen LogP) is 3.04. The Balaban J connectivity index is 0.000000506. The smallest absolute Gasteiger partial charge is 0.435 e. The third-order valence-electron chi connectivity index (χ3n) is 10.4. The fourth-order valence-electron chi connectivity index (χ4n) is 6.86. The Morgan fingerprint density at radius 2 is 1.06 bits per heavy atom. The van der Waals surface area contributed by atoms with Crippen LogP contribution >= 0.6 is 0 Å². The van der Waals surface area contributed by atoms with Gasteiger partial charge in [0.25, 0.3) is 0 Å². The molecule has 2 amide bonds. The van der Waals surface area contributed by atoms with Crippen LogP contribution in [-0.4, -0.2) is 181 Å². The van der Waals surface area contributed by atoms with Crippen molar-refractivity contribution in [1.82, 2.24) is 44.5 Å². The van der Waals surface area contributed by atoms with Gasteiger partial charge in [0.15, 0.2) is 0 Å². The monoisotopic (exact) mass is 1140 g/mol. The van der Waals surface area contributed by atoms with E-state index in [2.05, 4.69) is 40.1 Å². The molecule has 19 nitrogen and oxygen atoms in total. The SMILES string of the molecule is CO.COCCN1CCN(CCn2ccc(CC(=N)N)n2)CC1.COCCN1CCN(CCn2ccc(CC(=NC(=O)OCc3ccccc3)NC(=O)OCc3ccccc3)n2)CC1.[CH3-].[U]. The average molecular weight is 1140 g/mol. The molecule has 66 heavy (non-hydrogen) atoms. The summed E-state index contributed by atoms with van der Waals surface area (Å²) in [5, 5.41) is 25.9. The number of alkyl carbamates (subject to hydrolysis) is 1. The zero-order valence-electron chi connectivity index (χ0n) is 39.2. The van der Waals surface area contributed by atoms with Crippen LogP contribution in [0.25, 0.3) is 0 Å². The van der Waals surface area contributed by atoms with Crippen molar-refractivity contribution in [3.8, 4) is 0 Å². The number of nitrogens with two attached hydrogens (primary N) is 1. The number of aliphatic hydroxyl groups is 1. The Labute approximate surface area is 414 Å². The third-order valence-corrected chi connectivity index (χ3v) is 10.4. The summed E-state index contributed by atoms with van der Waals surface area (Å²) in [4.78, 5) is 38.8. The van der Waals surface area contributed by atoms with Crippen LogP contribution < -0.4 is 11.1 Å². The van der Waals surface area contributed by atoms with Crippen LogP contribution in [-0.2, 0) is 58.1 Å². The molecule has 5 N–H and O–H groups in total. The second-order valence-electron chi connectivity index (χ2n) is 15.2. The molecule has 4 heterocycles. The van der Waals surface area contributed by atoms with Crippen LogP contribution in [0.4, 0.5) is 9.59 Å². The van der Waals surface area contributed by atoms with Gasteiger partial charge in [0, 0.05) is 150 Å². The number of piperazine rings is 2. The van der Waals surface area contributed by atoms with Gasteiger partial charge in [-0.25, -0.2) is 9.59 Å². The van der Waals surface area contributed by atoms with Crippen molar-refractivity contribution in [2.45, 2.75) is 39.1 Å². The van der Waals surface area contributed by atoms with Crippen molar-refractivity contribution < 1.29 is 64.8 Å². The first-order chi connectivity index (χ1) is 31.2. The van der Waals surface area contributed by atoms with Gasteiger partial charge in [-0.15, -0.1) is 0 Å².